The Morgan fingerprint density at radius 2 is 1.48 bits per heavy atom. The number of anilines is 2. The van der Waals surface area contributed by atoms with Gasteiger partial charge in [-0.25, -0.2) is 0 Å². The van der Waals surface area contributed by atoms with E-state index < -0.39 is 0 Å². The molecule has 0 spiro atoms. The van der Waals surface area contributed by atoms with Crippen molar-refractivity contribution < 1.29 is 15.4 Å². The van der Waals surface area contributed by atoms with Crippen LogP contribution < -0.4 is 10.8 Å². The Balaban J connectivity index is 0.000000219. The fourth-order valence-corrected chi connectivity index (χ4v) is 1.57. The minimum Gasteiger partial charge on any atom is -0.508 e. The molecule has 5 heteroatoms. The van der Waals surface area contributed by atoms with Crippen LogP contribution >= 0.6 is 0 Å². The van der Waals surface area contributed by atoms with Gasteiger partial charge in [-0.3, -0.25) is 10.3 Å². The summed E-state index contributed by atoms with van der Waals surface area (Å²) in [5.74, 6) is 0.468. The Hall–Kier alpha value is -2.40. The van der Waals surface area contributed by atoms with Crippen LogP contribution in [-0.2, 0) is 0 Å². The topological polar surface area (TPSA) is 90.0 Å². The maximum Gasteiger partial charge on any atom is 0.120 e. The smallest absolute Gasteiger partial charge is 0.120 e. The predicted octanol–water partition coefficient (Wildman–Crippen LogP) is 3.20. The zero-order valence-corrected chi connectivity index (χ0v) is 12.5. The molecule has 21 heavy (non-hydrogen) atoms. The van der Waals surface area contributed by atoms with Gasteiger partial charge in [-0.05, 0) is 44.0 Å². The molecule has 114 valence electrons. The number of hydroxylamine groups is 1. The molecular weight excluding hydrogens is 268 g/mol. The summed E-state index contributed by atoms with van der Waals surface area (Å²) in [5, 5.41) is 28.7. The number of rotatable bonds is 2. The number of aromatic hydroxyl groups is 2. The van der Waals surface area contributed by atoms with Gasteiger partial charge in [0.05, 0.1) is 5.69 Å². The Labute approximate surface area is 124 Å². The van der Waals surface area contributed by atoms with E-state index in [1.54, 1.807) is 30.3 Å². The van der Waals surface area contributed by atoms with Crippen molar-refractivity contribution in [2.75, 3.05) is 17.3 Å². The highest BCUT2D eigenvalue weighted by Crippen LogP contribution is 2.22. The van der Waals surface area contributed by atoms with Crippen LogP contribution in [0.1, 0.15) is 18.1 Å². The summed E-state index contributed by atoms with van der Waals surface area (Å²) in [6.07, 6.45) is 0. The van der Waals surface area contributed by atoms with Gasteiger partial charge in [0.25, 0.3) is 0 Å². The van der Waals surface area contributed by atoms with E-state index in [2.05, 4.69) is 0 Å². The third kappa shape index (κ3) is 4.89. The zero-order valence-electron chi connectivity index (χ0n) is 12.5. The second kappa shape index (κ2) is 7.40. The lowest BCUT2D eigenvalue weighted by molar-refractivity contribution is 0.259. The SMILES string of the molecule is CCN(O)c1ccc(C)c(O)c1.Cc1ccc(N)cc1O. The van der Waals surface area contributed by atoms with Crippen LogP contribution in [0.4, 0.5) is 11.4 Å². The van der Waals surface area contributed by atoms with Gasteiger partial charge in [0.2, 0.25) is 0 Å². The van der Waals surface area contributed by atoms with E-state index in [4.69, 9.17) is 10.8 Å². The highest BCUT2D eigenvalue weighted by atomic mass is 16.5. The van der Waals surface area contributed by atoms with Gasteiger partial charge < -0.3 is 15.9 Å². The summed E-state index contributed by atoms with van der Waals surface area (Å²) in [5.41, 5.74) is 8.23. The first kappa shape index (κ1) is 16.7. The summed E-state index contributed by atoms with van der Waals surface area (Å²) in [6.45, 7) is 5.97. The van der Waals surface area contributed by atoms with Crippen molar-refractivity contribution in [3.8, 4) is 11.5 Å². The van der Waals surface area contributed by atoms with E-state index in [0.29, 0.717) is 17.9 Å². The van der Waals surface area contributed by atoms with Crippen LogP contribution in [0.3, 0.4) is 0 Å². The number of nitrogens with two attached hydrogens (primary N) is 1. The van der Waals surface area contributed by atoms with Crippen molar-refractivity contribution in [1.82, 2.24) is 0 Å². The van der Waals surface area contributed by atoms with Crippen molar-refractivity contribution in [1.29, 1.82) is 0 Å². The molecule has 0 aromatic heterocycles. The zero-order chi connectivity index (χ0) is 16.0. The van der Waals surface area contributed by atoms with Crippen LogP contribution in [0, 0.1) is 13.8 Å². The lowest BCUT2D eigenvalue weighted by atomic mass is 10.2. The van der Waals surface area contributed by atoms with E-state index in [1.807, 2.05) is 20.8 Å². The molecule has 5 nitrogen and oxygen atoms in total. The quantitative estimate of drug-likeness (QED) is 0.504. The molecule has 0 aliphatic heterocycles. The molecule has 0 aliphatic rings. The molecular formula is C16H22N2O3. The number of benzene rings is 2. The summed E-state index contributed by atoms with van der Waals surface area (Å²) in [4.78, 5) is 0. The van der Waals surface area contributed by atoms with Crippen LogP contribution in [0.5, 0.6) is 11.5 Å². The van der Waals surface area contributed by atoms with Gasteiger partial charge in [-0.15, -0.1) is 0 Å². The summed E-state index contributed by atoms with van der Waals surface area (Å²) < 4.78 is 0. The third-order valence-electron chi connectivity index (χ3n) is 3.02. The molecule has 0 amide bonds. The molecule has 2 aromatic carbocycles. The van der Waals surface area contributed by atoms with Gasteiger partial charge in [0.15, 0.2) is 0 Å². The molecule has 0 saturated carbocycles. The van der Waals surface area contributed by atoms with Crippen molar-refractivity contribution in [2.45, 2.75) is 20.8 Å². The molecule has 0 fully saturated rings. The maximum atomic E-state index is 9.31. The first-order valence-corrected chi connectivity index (χ1v) is 6.66. The number of nitrogens with zero attached hydrogens (tertiary/aromatic N) is 1. The first-order chi connectivity index (χ1) is 9.85. The lowest BCUT2D eigenvalue weighted by Crippen LogP contribution is -2.16. The van der Waals surface area contributed by atoms with Crippen molar-refractivity contribution in [3.05, 3.63) is 47.5 Å². The highest BCUT2D eigenvalue weighted by molar-refractivity contribution is 5.51. The Morgan fingerprint density at radius 3 is 1.90 bits per heavy atom. The Morgan fingerprint density at radius 1 is 0.952 bits per heavy atom. The minimum absolute atomic E-state index is 0.208. The van der Waals surface area contributed by atoms with E-state index in [9.17, 15) is 10.3 Å². The third-order valence-corrected chi connectivity index (χ3v) is 3.02. The average Bonchev–Trinajstić information content (AvgIpc) is 2.46. The average molecular weight is 290 g/mol. The van der Waals surface area contributed by atoms with Crippen molar-refractivity contribution in [2.24, 2.45) is 0 Å². The van der Waals surface area contributed by atoms with Crippen molar-refractivity contribution in [3.63, 3.8) is 0 Å². The van der Waals surface area contributed by atoms with Gasteiger partial charge >= 0.3 is 0 Å². The molecule has 0 bridgehead atoms. The van der Waals surface area contributed by atoms with Crippen molar-refractivity contribution >= 4 is 11.4 Å². The van der Waals surface area contributed by atoms with Crippen LogP contribution in [-0.4, -0.2) is 22.0 Å². The van der Waals surface area contributed by atoms with E-state index in [-0.39, 0.29) is 11.5 Å². The standard InChI is InChI=1S/C9H13NO2.C7H9NO/c1-3-10(12)8-5-4-7(2)9(11)6-8;1-5-2-3-6(8)4-7(5)9/h4-6,11-12H,3H2,1-2H3;2-4,9H,8H2,1H3. The van der Waals surface area contributed by atoms with Gasteiger partial charge in [-0.1, -0.05) is 12.1 Å². The molecule has 0 saturated heterocycles. The fourth-order valence-electron chi connectivity index (χ4n) is 1.57. The van der Waals surface area contributed by atoms with E-state index in [0.717, 1.165) is 16.2 Å². The normalized spacial score (nSPS) is 9.71. The van der Waals surface area contributed by atoms with Gasteiger partial charge in [0.1, 0.15) is 11.5 Å². The first-order valence-electron chi connectivity index (χ1n) is 6.66. The lowest BCUT2D eigenvalue weighted by Gasteiger charge is -2.14. The Kier molecular flexibility index (Phi) is 5.87. The molecule has 5 N–H and O–H groups in total. The molecule has 0 unspecified atom stereocenters. The van der Waals surface area contributed by atoms with Crippen LogP contribution in [0.2, 0.25) is 0 Å². The maximum absolute atomic E-state index is 9.31. The van der Waals surface area contributed by atoms with E-state index >= 15 is 0 Å². The number of phenolic OH excluding ortho intramolecular Hbond substituents is 2. The Bertz CT molecular complexity index is 600. The molecule has 0 aliphatic carbocycles. The predicted molar refractivity (Wildman–Crippen MR) is 84.9 cm³/mol. The number of phenols is 2. The fraction of sp³-hybridized carbons (Fsp3) is 0.250. The number of nitrogen functional groups attached to an aromatic ring is 1. The number of hydrogen-bond acceptors (Lipinski definition) is 5. The van der Waals surface area contributed by atoms with Gasteiger partial charge in [-0.2, -0.15) is 0 Å². The highest BCUT2D eigenvalue weighted by Gasteiger charge is 2.02. The second-order valence-corrected chi connectivity index (χ2v) is 4.73. The molecule has 0 atom stereocenters. The van der Waals surface area contributed by atoms with Gasteiger partial charge in [0, 0.05) is 24.4 Å². The molecule has 0 heterocycles. The molecule has 0 radical (unpaired) electrons. The summed E-state index contributed by atoms with van der Waals surface area (Å²) >= 11 is 0. The summed E-state index contributed by atoms with van der Waals surface area (Å²) in [7, 11) is 0. The largest absolute Gasteiger partial charge is 0.508 e. The molecule has 2 aromatic rings. The second-order valence-electron chi connectivity index (χ2n) is 4.73. The summed E-state index contributed by atoms with van der Waals surface area (Å²) in [6, 6.07) is 10.1. The number of hydrogen-bond donors (Lipinski definition) is 4. The van der Waals surface area contributed by atoms with Crippen LogP contribution in [0.15, 0.2) is 36.4 Å². The molecule has 2 rings (SSSR count). The minimum atomic E-state index is 0.208. The van der Waals surface area contributed by atoms with E-state index in [1.165, 1.54) is 6.07 Å². The number of aryl methyl sites for hydroxylation is 2. The van der Waals surface area contributed by atoms with Crippen LogP contribution in [0.25, 0.3) is 0 Å². The monoisotopic (exact) mass is 290 g/mol.